The fourth-order valence-corrected chi connectivity index (χ4v) is 3.42. The van der Waals surface area contributed by atoms with Gasteiger partial charge in [0.2, 0.25) is 11.8 Å². The molecule has 1 aliphatic rings. The lowest BCUT2D eigenvalue weighted by molar-refractivity contribution is -0.122. The van der Waals surface area contributed by atoms with Gasteiger partial charge in [-0.3, -0.25) is 9.59 Å². The Balaban J connectivity index is 1.78. The summed E-state index contributed by atoms with van der Waals surface area (Å²) in [4.78, 5) is 26.5. The van der Waals surface area contributed by atoms with Gasteiger partial charge in [-0.25, -0.2) is 4.39 Å². The third-order valence-corrected chi connectivity index (χ3v) is 4.89. The smallest absolute Gasteiger partial charge is 0.229 e. The van der Waals surface area contributed by atoms with Crippen molar-refractivity contribution in [3.8, 4) is 0 Å². The fourth-order valence-electron chi connectivity index (χ4n) is 3.42. The van der Waals surface area contributed by atoms with E-state index in [0.29, 0.717) is 0 Å². The zero-order chi connectivity index (χ0) is 18.7. The van der Waals surface area contributed by atoms with Gasteiger partial charge in [0.15, 0.2) is 0 Å². The summed E-state index contributed by atoms with van der Waals surface area (Å²) in [5.74, 6) is -1.36. The van der Waals surface area contributed by atoms with Crippen molar-refractivity contribution in [1.82, 2.24) is 0 Å². The lowest BCUT2D eigenvalue weighted by Crippen LogP contribution is -2.29. The number of benzene rings is 2. The molecule has 0 spiro atoms. The number of nitrogens with one attached hydrogen (secondary N) is 1. The van der Waals surface area contributed by atoms with Crippen LogP contribution in [0.4, 0.5) is 15.8 Å². The van der Waals surface area contributed by atoms with Gasteiger partial charge in [0, 0.05) is 18.7 Å². The summed E-state index contributed by atoms with van der Waals surface area (Å²) in [6.45, 7) is 4.29. The zero-order valence-electron chi connectivity index (χ0n) is 15.1. The van der Waals surface area contributed by atoms with Crippen LogP contribution in [0, 0.1) is 11.7 Å². The SMILES string of the molecule is CCc1cccc(CC)c1NC(=O)C1CC(=O)N(c2ccccc2F)C1. The van der Waals surface area contributed by atoms with Crippen molar-refractivity contribution in [3.05, 3.63) is 59.4 Å². The fraction of sp³-hybridized carbons (Fsp3) is 0.333. The second-order valence-corrected chi connectivity index (χ2v) is 6.50. The number of nitrogens with zero attached hydrogens (tertiary/aromatic N) is 1. The third-order valence-electron chi connectivity index (χ3n) is 4.89. The van der Waals surface area contributed by atoms with Crippen LogP contribution < -0.4 is 10.2 Å². The Hall–Kier alpha value is -2.69. The van der Waals surface area contributed by atoms with Crippen LogP contribution >= 0.6 is 0 Å². The van der Waals surface area contributed by atoms with E-state index in [0.717, 1.165) is 29.7 Å². The van der Waals surface area contributed by atoms with Crippen molar-refractivity contribution in [3.63, 3.8) is 0 Å². The second kappa shape index (κ2) is 7.68. The van der Waals surface area contributed by atoms with E-state index < -0.39 is 11.7 Å². The van der Waals surface area contributed by atoms with E-state index in [4.69, 9.17) is 0 Å². The predicted octanol–water partition coefficient (Wildman–Crippen LogP) is 3.94. The summed E-state index contributed by atoms with van der Waals surface area (Å²) in [6, 6.07) is 12.1. The second-order valence-electron chi connectivity index (χ2n) is 6.50. The highest BCUT2D eigenvalue weighted by Gasteiger charge is 2.36. The van der Waals surface area contributed by atoms with Crippen LogP contribution in [-0.2, 0) is 22.4 Å². The van der Waals surface area contributed by atoms with E-state index in [2.05, 4.69) is 5.32 Å². The van der Waals surface area contributed by atoms with Crippen LogP contribution in [0.5, 0.6) is 0 Å². The third kappa shape index (κ3) is 3.47. The summed E-state index contributed by atoms with van der Waals surface area (Å²) >= 11 is 0. The number of halogens is 1. The zero-order valence-corrected chi connectivity index (χ0v) is 15.1. The lowest BCUT2D eigenvalue weighted by Gasteiger charge is -2.18. The van der Waals surface area contributed by atoms with E-state index in [9.17, 15) is 14.0 Å². The van der Waals surface area contributed by atoms with Crippen LogP contribution in [0.2, 0.25) is 0 Å². The molecule has 1 fully saturated rings. The molecule has 4 nitrogen and oxygen atoms in total. The van der Waals surface area contributed by atoms with Crippen molar-refractivity contribution >= 4 is 23.2 Å². The number of para-hydroxylation sites is 2. The summed E-state index contributed by atoms with van der Waals surface area (Å²) < 4.78 is 14.0. The van der Waals surface area contributed by atoms with Crippen molar-refractivity contribution in [2.75, 3.05) is 16.8 Å². The van der Waals surface area contributed by atoms with Crippen molar-refractivity contribution in [2.24, 2.45) is 5.92 Å². The average molecular weight is 354 g/mol. The van der Waals surface area contributed by atoms with Gasteiger partial charge in [-0.1, -0.05) is 44.2 Å². The van der Waals surface area contributed by atoms with Gasteiger partial charge in [0.25, 0.3) is 0 Å². The molecule has 5 heteroatoms. The molecule has 0 aliphatic carbocycles. The molecule has 1 unspecified atom stereocenters. The highest BCUT2D eigenvalue weighted by atomic mass is 19.1. The van der Waals surface area contributed by atoms with Crippen molar-refractivity contribution in [1.29, 1.82) is 0 Å². The molecule has 1 heterocycles. The molecule has 1 aliphatic heterocycles. The highest BCUT2D eigenvalue weighted by molar-refractivity contribution is 6.04. The Morgan fingerprint density at radius 3 is 2.38 bits per heavy atom. The molecule has 0 radical (unpaired) electrons. The minimum absolute atomic E-state index is 0.0932. The van der Waals surface area contributed by atoms with Gasteiger partial charge in [0.05, 0.1) is 11.6 Å². The molecule has 0 saturated carbocycles. The Morgan fingerprint density at radius 2 is 1.77 bits per heavy atom. The molecule has 2 aromatic carbocycles. The first-order valence-corrected chi connectivity index (χ1v) is 9.01. The van der Waals surface area contributed by atoms with Crippen molar-refractivity contribution < 1.29 is 14.0 Å². The van der Waals surface area contributed by atoms with Gasteiger partial charge in [-0.2, -0.15) is 0 Å². The maximum atomic E-state index is 14.0. The molecular weight excluding hydrogens is 331 g/mol. The summed E-state index contributed by atoms with van der Waals surface area (Å²) in [6.07, 6.45) is 1.72. The van der Waals surface area contributed by atoms with Gasteiger partial charge in [-0.05, 0) is 36.1 Å². The number of carbonyl (C=O) groups is 2. The molecule has 1 atom stereocenters. The molecule has 0 bridgehead atoms. The van der Waals surface area contributed by atoms with Crippen LogP contribution in [-0.4, -0.2) is 18.4 Å². The number of aryl methyl sites for hydroxylation is 2. The Kier molecular flexibility index (Phi) is 5.35. The first kappa shape index (κ1) is 18.1. The monoisotopic (exact) mass is 354 g/mol. The van der Waals surface area contributed by atoms with Crippen LogP contribution in [0.3, 0.4) is 0 Å². The largest absolute Gasteiger partial charge is 0.325 e. The van der Waals surface area contributed by atoms with Gasteiger partial charge < -0.3 is 10.2 Å². The highest BCUT2D eigenvalue weighted by Crippen LogP contribution is 2.29. The minimum Gasteiger partial charge on any atom is -0.325 e. The lowest BCUT2D eigenvalue weighted by atomic mass is 10.0. The maximum absolute atomic E-state index is 14.0. The molecule has 136 valence electrons. The standard InChI is InChI=1S/C21H23FN2O2/c1-3-14-8-7-9-15(4-2)20(14)23-21(26)16-12-19(25)24(13-16)18-11-6-5-10-17(18)22/h5-11,16H,3-4,12-13H2,1-2H3,(H,23,26). The van der Waals surface area contributed by atoms with E-state index in [1.54, 1.807) is 18.2 Å². The summed E-state index contributed by atoms with van der Waals surface area (Å²) in [5, 5.41) is 3.02. The summed E-state index contributed by atoms with van der Waals surface area (Å²) in [7, 11) is 0. The van der Waals surface area contributed by atoms with Crippen LogP contribution in [0.1, 0.15) is 31.4 Å². The van der Waals surface area contributed by atoms with E-state index in [1.807, 2.05) is 32.0 Å². The van der Waals surface area contributed by atoms with E-state index in [-0.39, 0.29) is 30.5 Å². The first-order valence-electron chi connectivity index (χ1n) is 9.01. The van der Waals surface area contributed by atoms with E-state index in [1.165, 1.54) is 11.0 Å². The quantitative estimate of drug-likeness (QED) is 0.884. The van der Waals surface area contributed by atoms with Gasteiger partial charge in [0.1, 0.15) is 5.82 Å². The minimum atomic E-state index is -0.489. The molecule has 0 aromatic heterocycles. The molecule has 2 aromatic rings. The Bertz CT molecular complexity index is 812. The topological polar surface area (TPSA) is 49.4 Å². The van der Waals surface area contributed by atoms with Crippen LogP contribution in [0.25, 0.3) is 0 Å². The first-order chi connectivity index (χ1) is 12.5. The average Bonchev–Trinajstić information content (AvgIpc) is 3.04. The predicted molar refractivity (Wildman–Crippen MR) is 101 cm³/mol. The Morgan fingerprint density at radius 1 is 1.12 bits per heavy atom. The molecular formula is C21H23FN2O2. The molecule has 2 amide bonds. The Labute approximate surface area is 153 Å². The number of carbonyl (C=O) groups excluding carboxylic acids is 2. The number of anilines is 2. The normalized spacial score (nSPS) is 16.8. The maximum Gasteiger partial charge on any atom is 0.229 e. The number of hydrogen-bond donors (Lipinski definition) is 1. The summed E-state index contributed by atoms with van der Waals surface area (Å²) in [5.41, 5.74) is 3.23. The van der Waals surface area contributed by atoms with Crippen LogP contribution in [0.15, 0.2) is 42.5 Å². The van der Waals surface area contributed by atoms with E-state index >= 15 is 0 Å². The number of hydrogen-bond acceptors (Lipinski definition) is 2. The van der Waals surface area contributed by atoms with Crippen molar-refractivity contribution in [2.45, 2.75) is 33.1 Å². The number of amides is 2. The molecule has 26 heavy (non-hydrogen) atoms. The molecule has 1 saturated heterocycles. The van der Waals surface area contributed by atoms with Gasteiger partial charge in [-0.15, -0.1) is 0 Å². The number of rotatable bonds is 5. The van der Waals surface area contributed by atoms with Gasteiger partial charge >= 0.3 is 0 Å². The molecule has 3 rings (SSSR count). The molecule has 1 N–H and O–H groups in total.